The fourth-order valence-corrected chi connectivity index (χ4v) is 2.61. The summed E-state index contributed by atoms with van der Waals surface area (Å²) < 4.78 is 5.18. The Labute approximate surface area is 118 Å². The van der Waals surface area contributed by atoms with Gasteiger partial charge in [0.05, 0.1) is 0 Å². The fraction of sp³-hybridized carbons (Fsp3) is 0.933. The van der Waals surface area contributed by atoms with Crippen LogP contribution in [0.15, 0.2) is 0 Å². The number of likely N-dealkylation sites (tertiary alicyclic amines) is 1. The number of amides is 1. The maximum absolute atomic E-state index is 11.8. The van der Waals surface area contributed by atoms with Gasteiger partial charge < -0.3 is 14.5 Å². The minimum Gasteiger partial charge on any atom is -0.372 e. The maximum atomic E-state index is 11.8. The van der Waals surface area contributed by atoms with Crippen molar-refractivity contribution >= 4 is 5.91 Å². The average Bonchev–Trinajstić information content (AvgIpc) is 2.43. The van der Waals surface area contributed by atoms with Crippen LogP contribution in [0, 0.1) is 5.92 Å². The Morgan fingerprint density at radius 1 is 1.32 bits per heavy atom. The predicted octanol–water partition coefficient (Wildman–Crippen LogP) is 1.99. The van der Waals surface area contributed by atoms with Gasteiger partial charge in [0.1, 0.15) is 6.61 Å². The lowest BCUT2D eigenvalue weighted by molar-refractivity contribution is -0.137. The summed E-state index contributed by atoms with van der Waals surface area (Å²) in [5.41, 5.74) is 0. The highest BCUT2D eigenvalue weighted by molar-refractivity contribution is 5.77. The fourth-order valence-electron chi connectivity index (χ4n) is 2.61. The minimum absolute atomic E-state index is 0.152. The van der Waals surface area contributed by atoms with Crippen LogP contribution in [-0.2, 0) is 9.53 Å². The van der Waals surface area contributed by atoms with E-state index in [1.54, 1.807) is 0 Å². The zero-order chi connectivity index (χ0) is 14.1. The number of hydrogen-bond acceptors (Lipinski definition) is 3. The van der Waals surface area contributed by atoms with E-state index in [9.17, 15) is 4.79 Å². The summed E-state index contributed by atoms with van der Waals surface area (Å²) in [6, 6.07) is 0. The molecular weight excluding hydrogens is 240 g/mol. The van der Waals surface area contributed by atoms with E-state index in [-0.39, 0.29) is 12.5 Å². The molecule has 0 spiro atoms. The van der Waals surface area contributed by atoms with Gasteiger partial charge in [-0.15, -0.1) is 0 Å². The molecule has 19 heavy (non-hydrogen) atoms. The lowest BCUT2D eigenvalue weighted by atomic mass is 9.96. The highest BCUT2D eigenvalue weighted by Gasteiger charge is 2.23. The van der Waals surface area contributed by atoms with Crippen LogP contribution in [0.5, 0.6) is 0 Å². The molecule has 0 aliphatic carbocycles. The summed E-state index contributed by atoms with van der Waals surface area (Å²) in [7, 11) is 2.21. The van der Waals surface area contributed by atoms with Crippen LogP contribution < -0.4 is 0 Å². The third-order valence-corrected chi connectivity index (χ3v) is 3.86. The molecule has 4 nitrogen and oxygen atoms in total. The Bertz CT molecular complexity index is 251. The number of piperidine rings is 1. The van der Waals surface area contributed by atoms with Gasteiger partial charge in [-0.25, -0.2) is 0 Å². The van der Waals surface area contributed by atoms with Crippen molar-refractivity contribution in [1.29, 1.82) is 0 Å². The second kappa shape index (κ2) is 9.32. The van der Waals surface area contributed by atoms with Crippen molar-refractivity contribution in [3.63, 3.8) is 0 Å². The van der Waals surface area contributed by atoms with E-state index in [0.717, 1.165) is 31.8 Å². The summed E-state index contributed by atoms with van der Waals surface area (Å²) in [5, 5.41) is 0. The first-order valence-electron chi connectivity index (χ1n) is 7.71. The molecule has 0 radical (unpaired) electrons. The lowest BCUT2D eigenvalue weighted by Crippen LogP contribution is -2.42. The van der Waals surface area contributed by atoms with Gasteiger partial charge in [-0.3, -0.25) is 4.79 Å². The van der Waals surface area contributed by atoms with Crippen molar-refractivity contribution in [1.82, 2.24) is 9.80 Å². The number of rotatable bonds is 8. The summed E-state index contributed by atoms with van der Waals surface area (Å²) >= 11 is 0. The predicted molar refractivity (Wildman–Crippen MR) is 78.2 cm³/mol. The number of ether oxygens (including phenoxy) is 1. The van der Waals surface area contributed by atoms with Crippen molar-refractivity contribution < 1.29 is 9.53 Å². The molecule has 1 rings (SSSR count). The molecular formula is C15H30N2O2. The van der Waals surface area contributed by atoms with Gasteiger partial charge in [-0.1, -0.05) is 13.3 Å². The second-order valence-corrected chi connectivity index (χ2v) is 5.58. The summed E-state index contributed by atoms with van der Waals surface area (Å²) in [4.78, 5) is 16.2. The summed E-state index contributed by atoms with van der Waals surface area (Å²) in [6.07, 6.45) is 4.81. The SMILES string of the molecule is CCCCN(C)CC1CCN(C(=O)COCC)CC1. The van der Waals surface area contributed by atoms with Gasteiger partial charge in [0.25, 0.3) is 0 Å². The van der Waals surface area contributed by atoms with Crippen molar-refractivity contribution in [3.05, 3.63) is 0 Å². The third-order valence-electron chi connectivity index (χ3n) is 3.86. The van der Waals surface area contributed by atoms with E-state index < -0.39 is 0 Å². The van der Waals surface area contributed by atoms with Crippen LogP contribution in [0.3, 0.4) is 0 Å². The molecule has 0 atom stereocenters. The highest BCUT2D eigenvalue weighted by Crippen LogP contribution is 2.18. The highest BCUT2D eigenvalue weighted by atomic mass is 16.5. The summed E-state index contributed by atoms with van der Waals surface area (Å²) in [5.74, 6) is 0.901. The first kappa shape index (κ1) is 16.4. The first-order chi connectivity index (χ1) is 9.17. The van der Waals surface area contributed by atoms with E-state index in [0.29, 0.717) is 6.61 Å². The van der Waals surface area contributed by atoms with E-state index in [2.05, 4.69) is 18.9 Å². The maximum Gasteiger partial charge on any atom is 0.248 e. The third kappa shape index (κ3) is 6.39. The van der Waals surface area contributed by atoms with Gasteiger partial charge in [0, 0.05) is 26.2 Å². The Morgan fingerprint density at radius 2 is 2.00 bits per heavy atom. The van der Waals surface area contributed by atoms with Gasteiger partial charge >= 0.3 is 0 Å². The molecule has 4 heteroatoms. The molecule has 0 aromatic carbocycles. The van der Waals surface area contributed by atoms with Crippen LogP contribution in [-0.4, -0.2) is 62.1 Å². The lowest BCUT2D eigenvalue weighted by Gasteiger charge is -2.34. The van der Waals surface area contributed by atoms with Crippen LogP contribution in [0.2, 0.25) is 0 Å². The molecule has 1 saturated heterocycles. The van der Waals surface area contributed by atoms with Gasteiger partial charge in [0.2, 0.25) is 5.91 Å². The zero-order valence-electron chi connectivity index (χ0n) is 12.9. The quantitative estimate of drug-likeness (QED) is 0.676. The Hall–Kier alpha value is -0.610. The molecule has 0 bridgehead atoms. The molecule has 1 heterocycles. The Balaban J connectivity index is 2.19. The molecule has 0 N–H and O–H groups in total. The molecule has 1 fully saturated rings. The average molecular weight is 270 g/mol. The molecule has 1 aliphatic heterocycles. The largest absolute Gasteiger partial charge is 0.372 e. The van der Waals surface area contributed by atoms with E-state index >= 15 is 0 Å². The number of hydrogen-bond donors (Lipinski definition) is 0. The monoisotopic (exact) mass is 270 g/mol. The van der Waals surface area contributed by atoms with Crippen molar-refractivity contribution in [3.8, 4) is 0 Å². The number of carbonyl (C=O) groups is 1. The molecule has 112 valence electrons. The van der Waals surface area contributed by atoms with Crippen LogP contribution in [0.1, 0.15) is 39.5 Å². The van der Waals surface area contributed by atoms with E-state index in [1.807, 2.05) is 11.8 Å². The first-order valence-corrected chi connectivity index (χ1v) is 7.71. The number of carbonyl (C=O) groups excluding carboxylic acids is 1. The smallest absolute Gasteiger partial charge is 0.248 e. The van der Waals surface area contributed by atoms with Crippen LogP contribution in [0.4, 0.5) is 0 Å². The number of unbranched alkanes of at least 4 members (excludes halogenated alkanes) is 1. The van der Waals surface area contributed by atoms with Crippen molar-refractivity contribution in [2.24, 2.45) is 5.92 Å². The molecule has 0 saturated carbocycles. The van der Waals surface area contributed by atoms with E-state index in [4.69, 9.17) is 4.74 Å². The standard InChI is InChI=1S/C15H30N2O2/c1-4-6-9-16(3)12-14-7-10-17(11-8-14)15(18)13-19-5-2/h14H,4-13H2,1-3H3. The van der Waals surface area contributed by atoms with E-state index in [1.165, 1.54) is 25.9 Å². The zero-order valence-corrected chi connectivity index (χ0v) is 12.9. The number of nitrogens with zero attached hydrogens (tertiary/aromatic N) is 2. The minimum atomic E-state index is 0.152. The van der Waals surface area contributed by atoms with Gasteiger partial charge in [-0.2, -0.15) is 0 Å². The summed E-state index contributed by atoms with van der Waals surface area (Å²) in [6.45, 7) is 9.19. The van der Waals surface area contributed by atoms with Crippen molar-refractivity contribution in [2.45, 2.75) is 39.5 Å². The topological polar surface area (TPSA) is 32.8 Å². The Kier molecular flexibility index (Phi) is 8.07. The Morgan fingerprint density at radius 3 is 2.58 bits per heavy atom. The normalized spacial score (nSPS) is 17.2. The van der Waals surface area contributed by atoms with Gasteiger partial charge in [0.15, 0.2) is 0 Å². The molecule has 1 amide bonds. The molecule has 1 aliphatic rings. The van der Waals surface area contributed by atoms with Gasteiger partial charge in [-0.05, 0) is 45.7 Å². The molecule has 0 unspecified atom stereocenters. The second-order valence-electron chi connectivity index (χ2n) is 5.58. The molecule has 0 aromatic heterocycles. The van der Waals surface area contributed by atoms with Crippen molar-refractivity contribution in [2.75, 3.05) is 46.4 Å². The van der Waals surface area contributed by atoms with Crippen LogP contribution >= 0.6 is 0 Å². The van der Waals surface area contributed by atoms with Crippen LogP contribution in [0.25, 0.3) is 0 Å². The molecule has 0 aromatic rings.